The quantitative estimate of drug-likeness (QED) is 0.232. The Hall–Kier alpha value is -2.38. The lowest BCUT2D eigenvalue weighted by Crippen LogP contribution is -2.26. The number of rotatable bonds is 9. The van der Waals surface area contributed by atoms with Gasteiger partial charge in [0.05, 0.1) is 0 Å². The maximum absolute atomic E-state index is 15.4. The van der Waals surface area contributed by atoms with E-state index in [4.69, 9.17) is 4.74 Å². The second kappa shape index (κ2) is 12.6. The van der Waals surface area contributed by atoms with Gasteiger partial charge >= 0.3 is 6.36 Å². The van der Waals surface area contributed by atoms with Crippen molar-refractivity contribution in [2.45, 2.75) is 96.3 Å². The van der Waals surface area contributed by atoms with Crippen molar-refractivity contribution in [1.82, 2.24) is 0 Å². The van der Waals surface area contributed by atoms with E-state index in [1.807, 2.05) is 0 Å². The summed E-state index contributed by atoms with van der Waals surface area (Å²) >= 11 is 0. The van der Waals surface area contributed by atoms with Gasteiger partial charge in [0.15, 0.2) is 23.1 Å². The predicted octanol–water partition coefficient (Wildman–Crippen LogP) is 10.5. The molecule has 0 bridgehead atoms. The summed E-state index contributed by atoms with van der Waals surface area (Å²) in [7, 11) is 0. The van der Waals surface area contributed by atoms with Gasteiger partial charge in [-0.05, 0) is 86.5 Å². The van der Waals surface area contributed by atoms with Crippen molar-refractivity contribution in [2.75, 3.05) is 0 Å². The third-order valence-electron chi connectivity index (χ3n) is 8.40. The van der Waals surface area contributed by atoms with Crippen LogP contribution in [0.15, 0.2) is 30.3 Å². The predicted molar refractivity (Wildman–Crippen MR) is 134 cm³/mol. The zero-order valence-corrected chi connectivity index (χ0v) is 21.8. The van der Waals surface area contributed by atoms with Crippen LogP contribution in [0.25, 0.3) is 0 Å². The van der Waals surface area contributed by atoms with Gasteiger partial charge in [0, 0.05) is 11.6 Å². The molecule has 0 aliphatic heterocycles. The molecule has 2 aliphatic carbocycles. The summed E-state index contributed by atoms with van der Waals surface area (Å²) in [5.74, 6) is -2.49. The van der Waals surface area contributed by atoms with Crippen LogP contribution in [-0.2, 0) is 0 Å². The molecule has 2 nitrogen and oxygen atoms in total. The number of alkyl halides is 3. The second-order valence-corrected chi connectivity index (χ2v) is 10.9. The zero-order chi connectivity index (χ0) is 27.3. The van der Waals surface area contributed by atoms with Crippen molar-refractivity contribution in [3.63, 3.8) is 0 Å². The number of halogens is 6. The first kappa shape index (κ1) is 28.6. The Bertz CT molecular complexity index is 1050. The average molecular weight is 543 g/mol. The lowest BCUT2D eigenvalue weighted by atomic mass is 9.68. The standard InChI is InChI=1S/C30H36F6O2/c1-2-3-4-5-19-6-8-20(9-7-19)21-10-12-22(13-11-21)28-24(31)15-17-27(29(28)33)37-23-14-16-26(25(32)18-23)38-30(34,35)36/h14-22H,2-13H2,1H3. The van der Waals surface area contributed by atoms with Crippen LogP contribution in [0.3, 0.4) is 0 Å². The Balaban J connectivity index is 1.36. The van der Waals surface area contributed by atoms with Gasteiger partial charge < -0.3 is 9.47 Å². The zero-order valence-electron chi connectivity index (χ0n) is 21.8. The molecule has 0 unspecified atom stereocenters. The first-order chi connectivity index (χ1) is 18.1. The van der Waals surface area contributed by atoms with Crippen molar-refractivity contribution in [2.24, 2.45) is 17.8 Å². The SMILES string of the molecule is CCCCCC1CCC(C2CCC(c3c(F)ccc(Oc4ccc(OC(F)(F)F)c(F)c4)c3F)CC2)CC1. The molecule has 0 radical (unpaired) electrons. The molecule has 2 aliphatic rings. The molecule has 0 saturated heterocycles. The second-order valence-electron chi connectivity index (χ2n) is 10.9. The highest BCUT2D eigenvalue weighted by atomic mass is 19.4. The largest absolute Gasteiger partial charge is 0.573 e. The van der Waals surface area contributed by atoms with Crippen LogP contribution in [-0.4, -0.2) is 6.36 Å². The maximum Gasteiger partial charge on any atom is 0.573 e. The topological polar surface area (TPSA) is 18.5 Å². The molecule has 2 aromatic rings. The first-order valence-electron chi connectivity index (χ1n) is 13.9. The molecule has 0 amide bonds. The molecule has 0 N–H and O–H groups in total. The fourth-order valence-electron chi connectivity index (χ4n) is 6.39. The minimum atomic E-state index is -5.05. The molecule has 4 rings (SSSR count). The molecule has 38 heavy (non-hydrogen) atoms. The molecular weight excluding hydrogens is 506 g/mol. The number of ether oxygens (including phenoxy) is 2. The minimum absolute atomic E-state index is 0.0296. The Morgan fingerprint density at radius 2 is 1.39 bits per heavy atom. The molecule has 0 heterocycles. The van der Waals surface area contributed by atoms with E-state index in [0.29, 0.717) is 30.7 Å². The highest BCUT2D eigenvalue weighted by molar-refractivity contribution is 5.40. The van der Waals surface area contributed by atoms with Crippen LogP contribution in [0.4, 0.5) is 26.3 Å². The third kappa shape index (κ3) is 7.38. The van der Waals surface area contributed by atoms with Gasteiger partial charge in [-0.1, -0.05) is 45.4 Å². The molecule has 2 fully saturated rings. The number of benzene rings is 2. The smallest absolute Gasteiger partial charge is 0.454 e. The van der Waals surface area contributed by atoms with E-state index >= 15 is 4.39 Å². The lowest BCUT2D eigenvalue weighted by Gasteiger charge is -2.38. The van der Waals surface area contributed by atoms with Crippen molar-refractivity contribution >= 4 is 0 Å². The van der Waals surface area contributed by atoms with Crippen molar-refractivity contribution in [3.05, 3.63) is 53.3 Å². The Kier molecular flexibility index (Phi) is 9.53. The Labute approximate surface area is 220 Å². The Morgan fingerprint density at radius 3 is 2.00 bits per heavy atom. The van der Waals surface area contributed by atoms with Crippen molar-refractivity contribution < 1.29 is 35.8 Å². The van der Waals surface area contributed by atoms with Crippen LogP contribution in [0.2, 0.25) is 0 Å². The number of hydrogen-bond acceptors (Lipinski definition) is 2. The van der Waals surface area contributed by atoms with E-state index in [2.05, 4.69) is 11.7 Å². The monoisotopic (exact) mass is 542 g/mol. The third-order valence-corrected chi connectivity index (χ3v) is 8.40. The lowest BCUT2D eigenvalue weighted by molar-refractivity contribution is -0.275. The normalized spacial score (nSPS) is 24.3. The van der Waals surface area contributed by atoms with Gasteiger partial charge in [0.2, 0.25) is 0 Å². The first-order valence-corrected chi connectivity index (χ1v) is 13.9. The van der Waals surface area contributed by atoms with E-state index in [-0.39, 0.29) is 23.0 Å². The van der Waals surface area contributed by atoms with E-state index in [1.54, 1.807) is 0 Å². The van der Waals surface area contributed by atoms with E-state index in [9.17, 15) is 22.0 Å². The van der Waals surface area contributed by atoms with Gasteiger partial charge in [0.1, 0.15) is 11.6 Å². The van der Waals surface area contributed by atoms with Crippen LogP contribution < -0.4 is 9.47 Å². The average Bonchev–Trinajstić information content (AvgIpc) is 2.88. The molecule has 0 spiro atoms. The summed E-state index contributed by atoms with van der Waals surface area (Å²) in [6.45, 7) is 2.23. The van der Waals surface area contributed by atoms with Crippen molar-refractivity contribution in [1.29, 1.82) is 0 Å². The highest BCUT2D eigenvalue weighted by Crippen LogP contribution is 2.46. The van der Waals surface area contributed by atoms with Crippen LogP contribution in [0, 0.1) is 35.2 Å². The van der Waals surface area contributed by atoms with Crippen LogP contribution in [0.1, 0.15) is 95.5 Å². The van der Waals surface area contributed by atoms with Gasteiger partial charge in [-0.15, -0.1) is 13.2 Å². The molecule has 0 atom stereocenters. The van der Waals surface area contributed by atoms with Gasteiger partial charge in [0.25, 0.3) is 0 Å². The van der Waals surface area contributed by atoms with Crippen molar-refractivity contribution in [3.8, 4) is 17.2 Å². The fraction of sp³-hybridized carbons (Fsp3) is 0.600. The molecular formula is C30H36F6O2. The summed E-state index contributed by atoms with van der Waals surface area (Å²) in [6.07, 6.45) is 8.51. The van der Waals surface area contributed by atoms with E-state index < -0.39 is 29.6 Å². The van der Waals surface area contributed by atoms with Gasteiger partial charge in [-0.3, -0.25) is 0 Å². The van der Waals surface area contributed by atoms with E-state index in [1.165, 1.54) is 51.4 Å². The maximum atomic E-state index is 15.4. The number of unbranched alkanes of at least 4 members (excludes halogenated alkanes) is 2. The summed E-state index contributed by atoms with van der Waals surface area (Å²) in [5, 5.41) is 0. The molecule has 0 aromatic heterocycles. The molecule has 210 valence electrons. The Morgan fingerprint density at radius 1 is 0.763 bits per heavy atom. The summed E-state index contributed by atoms with van der Waals surface area (Å²) < 4.78 is 90.3. The summed E-state index contributed by atoms with van der Waals surface area (Å²) in [4.78, 5) is 0. The van der Waals surface area contributed by atoms with Crippen LogP contribution in [0.5, 0.6) is 17.2 Å². The van der Waals surface area contributed by atoms with Gasteiger partial charge in [-0.2, -0.15) is 0 Å². The number of hydrogen-bond donors (Lipinski definition) is 0. The minimum Gasteiger partial charge on any atom is -0.454 e. The molecule has 8 heteroatoms. The van der Waals surface area contributed by atoms with Crippen LogP contribution >= 0.6 is 0 Å². The van der Waals surface area contributed by atoms with Gasteiger partial charge in [-0.25, -0.2) is 13.2 Å². The van der Waals surface area contributed by atoms with E-state index in [0.717, 1.165) is 43.0 Å². The highest BCUT2D eigenvalue weighted by Gasteiger charge is 2.34. The molecule has 2 saturated carbocycles. The summed E-state index contributed by atoms with van der Waals surface area (Å²) in [6, 6.07) is 4.69. The summed E-state index contributed by atoms with van der Waals surface area (Å²) in [5.41, 5.74) is -0.0296. The fourth-order valence-corrected chi connectivity index (χ4v) is 6.39. The molecule has 2 aromatic carbocycles.